The molecule has 0 fully saturated rings. The molecule has 1 unspecified atom stereocenters. The van der Waals surface area contributed by atoms with Gasteiger partial charge in [-0.15, -0.1) is 11.3 Å². The van der Waals surface area contributed by atoms with E-state index in [-0.39, 0.29) is 24.5 Å². The topological polar surface area (TPSA) is 49.3 Å². The Balaban J connectivity index is 2.23. The highest BCUT2D eigenvalue weighted by molar-refractivity contribution is 7.17. The van der Waals surface area contributed by atoms with Crippen LogP contribution in [-0.2, 0) is 0 Å². The van der Waals surface area contributed by atoms with Crippen LogP contribution >= 0.6 is 11.3 Å². The highest BCUT2D eigenvalue weighted by atomic mass is 32.1. The van der Waals surface area contributed by atoms with Crippen molar-refractivity contribution in [1.29, 1.82) is 0 Å². The SMILES string of the molecule is CC(C)C(CO)NC(=O)c1csc2ccccc12. The number of hydrogen-bond acceptors (Lipinski definition) is 3. The molecule has 3 nitrogen and oxygen atoms in total. The van der Waals surface area contributed by atoms with E-state index in [1.807, 2.05) is 43.5 Å². The molecule has 1 aromatic heterocycles. The maximum atomic E-state index is 12.2. The molecule has 0 aliphatic rings. The van der Waals surface area contributed by atoms with Crippen LogP contribution in [-0.4, -0.2) is 23.7 Å². The molecule has 2 aromatic rings. The van der Waals surface area contributed by atoms with Crippen LogP contribution in [0.25, 0.3) is 10.1 Å². The Morgan fingerprint density at radius 2 is 2.11 bits per heavy atom. The fourth-order valence-corrected chi connectivity index (χ4v) is 2.76. The van der Waals surface area contributed by atoms with Crippen molar-refractivity contribution in [2.75, 3.05) is 6.61 Å². The summed E-state index contributed by atoms with van der Waals surface area (Å²) in [5, 5.41) is 15.0. The largest absolute Gasteiger partial charge is 0.394 e. The second-order valence-corrected chi connectivity index (χ2v) is 5.56. The molecule has 0 aliphatic carbocycles. The minimum absolute atomic E-state index is 0.0362. The molecule has 1 atom stereocenters. The summed E-state index contributed by atoms with van der Waals surface area (Å²) in [7, 11) is 0. The fraction of sp³-hybridized carbons (Fsp3) is 0.357. The zero-order valence-electron chi connectivity index (χ0n) is 10.5. The molecule has 2 rings (SSSR count). The summed E-state index contributed by atoms with van der Waals surface area (Å²) in [5.74, 6) is 0.101. The molecule has 0 aliphatic heterocycles. The Bertz CT molecular complexity index is 547. The van der Waals surface area contributed by atoms with E-state index in [9.17, 15) is 9.90 Å². The van der Waals surface area contributed by atoms with Crippen molar-refractivity contribution in [3.05, 3.63) is 35.2 Å². The highest BCUT2D eigenvalue weighted by Gasteiger charge is 2.18. The van der Waals surface area contributed by atoms with Crippen molar-refractivity contribution in [3.63, 3.8) is 0 Å². The molecule has 0 bridgehead atoms. The van der Waals surface area contributed by atoms with E-state index in [1.54, 1.807) is 11.3 Å². The molecule has 4 heteroatoms. The molecular formula is C14H17NO2S. The molecule has 18 heavy (non-hydrogen) atoms. The Kier molecular flexibility index (Phi) is 3.99. The summed E-state index contributed by atoms with van der Waals surface area (Å²) in [6.07, 6.45) is 0. The molecule has 1 amide bonds. The number of thiophene rings is 1. The maximum Gasteiger partial charge on any atom is 0.253 e. The summed E-state index contributed by atoms with van der Waals surface area (Å²) in [4.78, 5) is 12.2. The van der Waals surface area contributed by atoms with Gasteiger partial charge < -0.3 is 10.4 Å². The van der Waals surface area contributed by atoms with Gasteiger partial charge in [-0.25, -0.2) is 0 Å². The average molecular weight is 263 g/mol. The van der Waals surface area contributed by atoms with Crippen LogP contribution in [0.1, 0.15) is 24.2 Å². The van der Waals surface area contributed by atoms with E-state index in [0.717, 1.165) is 10.1 Å². The summed E-state index contributed by atoms with van der Waals surface area (Å²) in [6.45, 7) is 3.92. The van der Waals surface area contributed by atoms with Gasteiger partial charge in [0.2, 0.25) is 0 Å². The number of benzene rings is 1. The number of rotatable bonds is 4. The third-order valence-electron chi connectivity index (χ3n) is 3.04. The van der Waals surface area contributed by atoms with Gasteiger partial charge in [0.15, 0.2) is 0 Å². The average Bonchev–Trinajstić information content (AvgIpc) is 2.79. The summed E-state index contributed by atoms with van der Waals surface area (Å²) in [5.41, 5.74) is 0.690. The first kappa shape index (κ1) is 13.1. The minimum Gasteiger partial charge on any atom is -0.394 e. The van der Waals surface area contributed by atoms with Crippen molar-refractivity contribution in [1.82, 2.24) is 5.32 Å². The van der Waals surface area contributed by atoms with Crippen LogP contribution in [0.4, 0.5) is 0 Å². The van der Waals surface area contributed by atoms with Crippen LogP contribution in [0.5, 0.6) is 0 Å². The van der Waals surface area contributed by atoms with Gasteiger partial charge in [-0.3, -0.25) is 4.79 Å². The van der Waals surface area contributed by atoms with Crippen LogP contribution in [0.2, 0.25) is 0 Å². The van der Waals surface area contributed by atoms with Crippen LogP contribution < -0.4 is 5.32 Å². The number of carbonyl (C=O) groups excluding carboxylic acids is 1. The molecule has 0 radical (unpaired) electrons. The number of hydrogen-bond donors (Lipinski definition) is 2. The molecule has 2 N–H and O–H groups in total. The van der Waals surface area contributed by atoms with Crippen molar-refractivity contribution in [3.8, 4) is 0 Å². The van der Waals surface area contributed by atoms with Gasteiger partial charge in [-0.05, 0) is 12.0 Å². The Morgan fingerprint density at radius 1 is 1.39 bits per heavy atom. The zero-order chi connectivity index (χ0) is 13.1. The van der Waals surface area contributed by atoms with Crippen LogP contribution in [0.15, 0.2) is 29.6 Å². The van der Waals surface area contributed by atoms with Gasteiger partial charge in [0, 0.05) is 15.5 Å². The lowest BCUT2D eigenvalue weighted by molar-refractivity contribution is 0.0899. The first-order valence-corrected chi connectivity index (χ1v) is 6.89. The number of fused-ring (bicyclic) bond motifs is 1. The standard InChI is InChI=1S/C14H17NO2S/c1-9(2)12(7-16)15-14(17)11-8-18-13-6-4-3-5-10(11)13/h3-6,8-9,12,16H,7H2,1-2H3,(H,15,17). The number of aliphatic hydroxyl groups is 1. The predicted molar refractivity (Wildman–Crippen MR) is 75.0 cm³/mol. The van der Waals surface area contributed by atoms with Crippen LogP contribution in [0, 0.1) is 5.92 Å². The van der Waals surface area contributed by atoms with Crippen molar-refractivity contribution in [2.45, 2.75) is 19.9 Å². The lowest BCUT2D eigenvalue weighted by Crippen LogP contribution is -2.41. The minimum atomic E-state index is -0.198. The monoisotopic (exact) mass is 263 g/mol. The van der Waals surface area contributed by atoms with E-state index < -0.39 is 0 Å². The summed E-state index contributed by atoms with van der Waals surface area (Å²) < 4.78 is 1.10. The lowest BCUT2D eigenvalue weighted by Gasteiger charge is -2.19. The Hall–Kier alpha value is -1.39. The number of aliphatic hydroxyl groups excluding tert-OH is 1. The predicted octanol–water partition coefficient (Wildman–Crippen LogP) is 2.65. The van der Waals surface area contributed by atoms with Gasteiger partial charge in [-0.1, -0.05) is 32.0 Å². The molecule has 1 aromatic carbocycles. The van der Waals surface area contributed by atoms with E-state index in [1.165, 1.54) is 0 Å². The third-order valence-corrected chi connectivity index (χ3v) is 4.01. The number of amides is 1. The second-order valence-electron chi connectivity index (χ2n) is 4.65. The van der Waals surface area contributed by atoms with E-state index in [2.05, 4.69) is 5.32 Å². The lowest BCUT2D eigenvalue weighted by atomic mass is 10.0. The molecule has 0 saturated heterocycles. The quantitative estimate of drug-likeness (QED) is 0.891. The van der Waals surface area contributed by atoms with Crippen molar-refractivity contribution >= 4 is 27.3 Å². The molecule has 0 saturated carbocycles. The zero-order valence-corrected chi connectivity index (χ0v) is 11.3. The first-order valence-electron chi connectivity index (χ1n) is 6.01. The highest BCUT2D eigenvalue weighted by Crippen LogP contribution is 2.25. The molecule has 1 heterocycles. The Labute approximate surface area is 110 Å². The number of carbonyl (C=O) groups is 1. The smallest absolute Gasteiger partial charge is 0.253 e. The summed E-state index contributed by atoms with van der Waals surface area (Å²) >= 11 is 1.56. The maximum absolute atomic E-state index is 12.2. The fourth-order valence-electron chi connectivity index (χ4n) is 1.82. The van der Waals surface area contributed by atoms with Gasteiger partial charge in [-0.2, -0.15) is 0 Å². The Morgan fingerprint density at radius 3 is 2.78 bits per heavy atom. The van der Waals surface area contributed by atoms with E-state index >= 15 is 0 Å². The van der Waals surface area contributed by atoms with Gasteiger partial charge in [0.1, 0.15) is 0 Å². The number of nitrogens with one attached hydrogen (secondary N) is 1. The van der Waals surface area contributed by atoms with Crippen LogP contribution in [0.3, 0.4) is 0 Å². The first-order chi connectivity index (χ1) is 8.63. The molecule has 96 valence electrons. The van der Waals surface area contributed by atoms with E-state index in [0.29, 0.717) is 5.56 Å². The van der Waals surface area contributed by atoms with Crippen molar-refractivity contribution in [2.24, 2.45) is 5.92 Å². The second kappa shape index (κ2) is 5.50. The van der Waals surface area contributed by atoms with E-state index in [4.69, 9.17) is 0 Å². The van der Waals surface area contributed by atoms with Crippen molar-refractivity contribution < 1.29 is 9.90 Å². The van der Waals surface area contributed by atoms with Gasteiger partial charge >= 0.3 is 0 Å². The normalized spacial score (nSPS) is 12.9. The third kappa shape index (κ3) is 2.54. The van der Waals surface area contributed by atoms with Gasteiger partial charge in [0.05, 0.1) is 18.2 Å². The summed E-state index contributed by atoms with van der Waals surface area (Å²) in [6, 6.07) is 7.65. The molecular weight excluding hydrogens is 246 g/mol. The molecule has 0 spiro atoms. The van der Waals surface area contributed by atoms with Gasteiger partial charge in [0.25, 0.3) is 5.91 Å².